The minimum absolute atomic E-state index is 0.00381. The van der Waals surface area contributed by atoms with E-state index in [1.807, 2.05) is 36.4 Å². The number of nitrogens with zero attached hydrogens (tertiary/aromatic N) is 4. The standard InChI is InChI=1S/C16H16N4O2/c1-11-13(9-17)15(21)19(2)16(22)14(11)10-18-20(3)12-7-5-4-6-8-12/h4-8,10,22H,1-3H3. The number of nitriles is 1. The fourth-order valence-electron chi connectivity index (χ4n) is 2.05. The van der Waals surface area contributed by atoms with Crippen molar-refractivity contribution >= 4 is 11.9 Å². The summed E-state index contributed by atoms with van der Waals surface area (Å²) >= 11 is 0. The first kappa shape index (κ1) is 15.3. The molecule has 0 aliphatic heterocycles. The van der Waals surface area contributed by atoms with E-state index in [0.29, 0.717) is 11.1 Å². The van der Waals surface area contributed by atoms with Gasteiger partial charge in [-0.3, -0.25) is 14.4 Å². The van der Waals surface area contributed by atoms with Crippen LogP contribution in [0, 0.1) is 18.3 Å². The fourth-order valence-corrected chi connectivity index (χ4v) is 2.05. The number of hydrazone groups is 1. The van der Waals surface area contributed by atoms with Gasteiger partial charge in [-0.25, -0.2) is 0 Å². The van der Waals surface area contributed by atoms with Crippen molar-refractivity contribution in [3.8, 4) is 11.9 Å². The second-order valence-electron chi connectivity index (χ2n) is 4.82. The van der Waals surface area contributed by atoms with Crippen molar-refractivity contribution in [2.45, 2.75) is 6.92 Å². The van der Waals surface area contributed by atoms with E-state index in [-0.39, 0.29) is 11.4 Å². The van der Waals surface area contributed by atoms with Crippen LogP contribution in [0.5, 0.6) is 5.88 Å². The molecule has 0 aliphatic carbocycles. The molecular formula is C16H16N4O2. The second-order valence-corrected chi connectivity index (χ2v) is 4.82. The maximum Gasteiger partial charge on any atom is 0.271 e. The zero-order chi connectivity index (χ0) is 16.3. The lowest BCUT2D eigenvalue weighted by Gasteiger charge is -2.14. The molecule has 0 saturated heterocycles. The third-order valence-electron chi connectivity index (χ3n) is 3.46. The molecule has 0 saturated carbocycles. The third kappa shape index (κ3) is 2.69. The van der Waals surface area contributed by atoms with Gasteiger partial charge in [0.1, 0.15) is 11.6 Å². The summed E-state index contributed by atoms with van der Waals surface area (Å²) in [5.74, 6) is -0.216. The van der Waals surface area contributed by atoms with E-state index >= 15 is 0 Å². The van der Waals surface area contributed by atoms with E-state index in [0.717, 1.165) is 10.3 Å². The molecule has 0 aliphatic rings. The first-order chi connectivity index (χ1) is 10.5. The van der Waals surface area contributed by atoms with Crippen molar-refractivity contribution in [3.05, 3.63) is 57.4 Å². The number of rotatable bonds is 3. The molecule has 1 aromatic carbocycles. The molecule has 1 heterocycles. The average Bonchev–Trinajstić information content (AvgIpc) is 2.54. The highest BCUT2D eigenvalue weighted by Crippen LogP contribution is 2.19. The molecule has 0 atom stereocenters. The van der Waals surface area contributed by atoms with Gasteiger partial charge >= 0.3 is 0 Å². The molecule has 0 bridgehead atoms. The van der Waals surface area contributed by atoms with Gasteiger partial charge in [0.25, 0.3) is 5.56 Å². The average molecular weight is 296 g/mol. The largest absolute Gasteiger partial charge is 0.494 e. The smallest absolute Gasteiger partial charge is 0.271 e. The first-order valence-electron chi connectivity index (χ1n) is 6.62. The zero-order valence-corrected chi connectivity index (χ0v) is 12.6. The molecule has 1 aromatic heterocycles. The van der Waals surface area contributed by atoms with E-state index < -0.39 is 5.56 Å². The Balaban J connectivity index is 2.47. The summed E-state index contributed by atoms with van der Waals surface area (Å²) in [6.07, 6.45) is 1.44. The lowest BCUT2D eigenvalue weighted by molar-refractivity contribution is 0.421. The minimum atomic E-state index is -0.522. The summed E-state index contributed by atoms with van der Waals surface area (Å²) in [6.45, 7) is 1.61. The molecular weight excluding hydrogens is 280 g/mol. The van der Waals surface area contributed by atoms with E-state index in [1.165, 1.54) is 13.3 Å². The molecule has 0 radical (unpaired) electrons. The van der Waals surface area contributed by atoms with Crippen LogP contribution in [-0.2, 0) is 7.05 Å². The number of anilines is 1. The van der Waals surface area contributed by atoms with Crippen molar-refractivity contribution in [1.29, 1.82) is 5.26 Å². The maximum absolute atomic E-state index is 11.9. The number of para-hydroxylation sites is 1. The second kappa shape index (κ2) is 6.14. The minimum Gasteiger partial charge on any atom is -0.494 e. The predicted molar refractivity (Wildman–Crippen MR) is 85.2 cm³/mol. The molecule has 0 amide bonds. The van der Waals surface area contributed by atoms with Gasteiger partial charge in [0, 0.05) is 14.1 Å². The number of hydrogen-bond acceptors (Lipinski definition) is 5. The van der Waals surface area contributed by atoms with Crippen molar-refractivity contribution in [1.82, 2.24) is 4.57 Å². The number of aromatic hydroxyl groups is 1. The Bertz CT molecular complexity index is 817. The normalized spacial score (nSPS) is 10.6. The Morgan fingerprint density at radius 3 is 2.59 bits per heavy atom. The lowest BCUT2D eigenvalue weighted by Crippen LogP contribution is -2.23. The molecule has 22 heavy (non-hydrogen) atoms. The maximum atomic E-state index is 11.9. The molecule has 0 spiro atoms. The van der Waals surface area contributed by atoms with Gasteiger partial charge < -0.3 is 5.11 Å². The monoisotopic (exact) mass is 296 g/mol. The Hall–Kier alpha value is -3.07. The van der Waals surface area contributed by atoms with Crippen LogP contribution in [0.15, 0.2) is 40.2 Å². The zero-order valence-electron chi connectivity index (χ0n) is 12.6. The summed E-state index contributed by atoms with van der Waals surface area (Å²) in [4.78, 5) is 11.9. The Kier molecular flexibility index (Phi) is 4.28. The van der Waals surface area contributed by atoms with E-state index in [2.05, 4.69) is 5.10 Å². The van der Waals surface area contributed by atoms with E-state index in [9.17, 15) is 9.90 Å². The summed E-state index contributed by atoms with van der Waals surface area (Å²) < 4.78 is 1.04. The van der Waals surface area contributed by atoms with Crippen molar-refractivity contribution in [2.75, 3.05) is 12.1 Å². The molecule has 0 unspecified atom stereocenters. The van der Waals surface area contributed by atoms with Crippen LogP contribution in [0.1, 0.15) is 16.7 Å². The highest BCUT2D eigenvalue weighted by molar-refractivity contribution is 5.86. The predicted octanol–water partition coefficient (Wildman–Crippen LogP) is 1.74. The van der Waals surface area contributed by atoms with Gasteiger partial charge in [-0.2, -0.15) is 10.4 Å². The number of pyridine rings is 1. The van der Waals surface area contributed by atoms with Crippen molar-refractivity contribution < 1.29 is 5.11 Å². The molecule has 2 rings (SSSR count). The van der Waals surface area contributed by atoms with Crippen LogP contribution in [0.2, 0.25) is 0 Å². The summed E-state index contributed by atoms with van der Waals surface area (Å²) in [5.41, 5.74) is 1.12. The topological polar surface area (TPSA) is 81.6 Å². The summed E-state index contributed by atoms with van der Waals surface area (Å²) in [6, 6.07) is 11.4. The number of hydrogen-bond donors (Lipinski definition) is 1. The Labute approximate surface area is 128 Å². The molecule has 6 heteroatoms. The van der Waals surface area contributed by atoms with Gasteiger partial charge in [-0.15, -0.1) is 0 Å². The Morgan fingerprint density at radius 1 is 1.36 bits per heavy atom. The SMILES string of the molecule is Cc1c(C=NN(C)c2ccccc2)c(O)n(C)c(=O)c1C#N. The van der Waals surface area contributed by atoms with E-state index in [1.54, 1.807) is 19.0 Å². The van der Waals surface area contributed by atoms with Gasteiger partial charge in [0.05, 0.1) is 17.5 Å². The number of aromatic nitrogens is 1. The van der Waals surface area contributed by atoms with Crippen LogP contribution in [0.25, 0.3) is 0 Å². The van der Waals surface area contributed by atoms with Crippen LogP contribution in [0.4, 0.5) is 5.69 Å². The third-order valence-corrected chi connectivity index (χ3v) is 3.46. The molecule has 2 aromatic rings. The van der Waals surface area contributed by atoms with Gasteiger partial charge in [-0.05, 0) is 24.6 Å². The fraction of sp³-hybridized carbons (Fsp3) is 0.188. The van der Waals surface area contributed by atoms with Gasteiger partial charge in [-0.1, -0.05) is 18.2 Å². The molecule has 0 fully saturated rings. The number of benzene rings is 1. The van der Waals surface area contributed by atoms with Crippen LogP contribution in [-0.4, -0.2) is 22.9 Å². The van der Waals surface area contributed by atoms with E-state index in [4.69, 9.17) is 5.26 Å². The van der Waals surface area contributed by atoms with Crippen LogP contribution < -0.4 is 10.6 Å². The Morgan fingerprint density at radius 2 is 2.00 bits per heavy atom. The summed E-state index contributed by atoms with van der Waals surface area (Å²) in [7, 11) is 3.18. The summed E-state index contributed by atoms with van der Waals surface area (Å²) in [5, 5.41) is 25.1. The van der Waals surface area contributed by atoms with Crippen LogP contribution >= 0.6 is 0 Å². The quantitative estimate of drug-likeness (QED) is 0.691. The van der Waals surface area contributed by atoms with Crippen molar-refractivity contribution in [2.24, 2.45) is 12.1 Å². The molecule has 112 valence electrons. The lowest BCUT2D eigenvalue weighted by atomic mass is 10.1. The first-order valence-corrected chi connectivity index (χ1v) is 6.62. The van der Waals surface area contributed by atoms with Crippen LogP contribution in [0.3, 0.4) is 0 Å². The highest BCUT2D eigenvalue weighted by atomic mass is 16.3. The highest BCUT2D eigenvalue weighted by Gasteiger charge is 2.15. The van der Waals surface area contributed by atoms with Gasteiger partial charge in [0.15, 0.2) is 0 Å². The molecule has 1 N–H and O–H groups in total. The van der Waals surface area contributed by atoms with Crippen molar-refractivity contribution in [3.63, 3.8) is 0 Å². The van der Waals surface area contributed by atoms with Gasteiger partial charge in [0.2, 0.25) is 5.88 Å². The molecule has 6 nitrogen and oxygen atoms in total.